The summed E-state index contributed by atoms with van der Waals surface area (Å²) in [6.07, 6.45) is 0. The molecule has 274 valence electrons. The molecule has 0 atom stereocenters. The molecule has 0 amide bonds. The van der Waals surface area contributed by atoms with Gasteiger partial charge in [0.15, 0.2) is 0 Å². The number of nitrogens with two attached hydrogens (primary N) is 1. The van der Waals surface area contributed by atoms with Crippen LogP contribution in [0.5, 0.6) is 5.75 Å². The van der Waals surface area contributed by atoms with Gasteiger partial charge in [-0.05, 0) is 47.9 Å². The molecule has 57 heavy (non-hydrogen) atoms. The van der Waals surface area contributed by atoms with E-state index in [1.54, 1.807) is 0 Å². The first-order chi connectivity index (χ1) is 23.8. The minimum absolute atomic E-state index is 0. The van der Waals surface area contributed by atoms with Crippen molar-refractivity contribution in [3.63, 3.8) is 0 Å². The second-order valence-corrected chi connectivity index (χ2v) is 17.0. The first-order valence-electron chi connectivity index (χ1n) is 13.2. The quantitative estimate of drug-likeness (QED) is 0.0600. The zero-order valence-electron chi connectivity index (χ0n) is 29.8. The first-order valence-corrected chi connectivity index (χ1v) is 20.3. The molecule has 0 radical (unpaired) electrons. The predicted molar refractivity (Wildman–Crippen MR) is 168 cm³/mol. The molecule has 0 saturated carbocycles. The molecule has 0 aromatic heterocycles. The van der Waals surface area contributed by atoms with Crippen molar-refractivity contribution in [3.05, 3.63) is 66.7 Å². The van der Waals surface area contributed by atoms with Crippen LogP contribution in [0.1, 0.15) is 0 Å². The molecule has 0 saturated heterocycles. The number of rotatable bonds is 9. The number of azo groups is 2. The van der Waals surface area contributed by atoms with Gasteiger partial charge in [-0.25, -0.2) is 33.7 Å². The number of nitrogen functional groups attached to an aromatic ring is 1. The number of hydrogen-bond acceptors (Lipinski definition) is 20. The van der Waals surface area contributed by atoms with Gasteiger partial charge in [-0.2, -0.15) is 13.5 Å². The summed E-state index contributed by atoms with van der Waals surface area (Å²) in [6, 6.07) is 8.96. The Balaban J connectivity index is 0.00000627. The number of anilines is 1. The Morgan fingerprint density at radius 3 is 1.53 bits per heavy atom. The maximum Gasteiger partial charge on any atom is 1.00 e. The summed E-state index contributed by atoms with van der Waals surface area (Å²) < 4.78 is 178. The van der Waals surface area contributed by atoms with E-state index in [9.17, 15) is 70.0 Å². The van der Waals surface area contributed by atoms with Crippen LogP contribution in [-0.2, 0) is 50.6 Å². The second kappa shape index (κ2) is 20.9. The Hall–Kier alpha value is -0.0300. The number of benzene rings is 5. The van der Waals surface area contributed by atoms with E-state index >= 15 is 0 Å². The van der Waals surface area contributed by atoms with Gasteiger partial charge in [0.1, 0.15) is 56.7 Å². The molecule has 0 aliphatic heterocycles. The van der Waals surface area contributed by atoms with Gasteiger partial charge in [-0.1, -0.05) is 30.0 Å². The van der Waals surface area contributed by atoms with E-state index in [0.29, 0.717) is 18.2 Å². The Morgan fingerprint density at radius 2 is 1.00 bits per heavy atom. The maximum absolute atomic E-state index is 13.7. The molecule has 31 heteroatoms. The molecule has 0 bridgehead atoms. The number of hydrogen-bond donors (Lipinski definition) is 2. The van der Waals surface area contributed by atoms with E-state index in [1.165, 1.54) is 6.07 Å². The van der Waals surface area contributed by atoms with Crippen LogP contribution in [0.15, 0.2) is 112 Å². The van der Waals surface area contributed by atoms with Gasteiger partial charge in [0.2, 0.25) is 0 Å². The summed E-state index contributed by atoms with van der Waals surface area (Å²) in [5.74, 6) is -1.57. The predicted octanol–water partition coefficient (Wildman–Crippen LogP) is -12.6. The summed E-state index contributed by atoms with van der Waals surface area (Å²) >= 11 is 0. The van der Waals surface area contributed by atoms with Gasteiger partial charge in [0, 0.05) is 16.2 Å². The van der Waals surface area contributed by atoms with E-state index in [4.69, 9.17) is 5.73 Å². The average molecular weight is 928 g/mol. The normalized spacial score (nSPS) is 12.3. The summed E-state index contributed by atoms with van der Waals surface area (Å²) in [7, 11) is -27.0. The summed E-state index contributed by atoms with van der Waals surface area (Å²) in [6.45, 7) is 0. The van der Waals surface area contributed by atoms with Crippen LogP contribution in [0.2, 0.25) is 0 Å². The third kappa shape index (κ3) is 12.8. The fraction of sp³-hybridized carbons (Fsp3) is 0. The summed E-state index contributed by atoms with van der Waals surface area (Å²) in [5, 5.41) is 24.9. The SMILES string of the molecule is Nc1c(N=Nc2ccccc2S(=O)(=O)[O-])c(S(=O)(=O)[O-])cc2cc(S(=O)(=O)O)c(N=Nc3cc(S(=O)(=O)[O-])c4cccc(S(=O)(=O)[O-])c4c3)c([O-])c12.[Na+].[Na+].[Na+].[Na+].[Na+]. The average Bonchev–Trinajstić information content (AvgIpc) is 3.00. The molecule has 5 aromatic rings. The smallest absolute Gasteiger partial charge is 0.870 e. The largest absolute Gasteiger partial charge is 1.00 e. The Labute approximate surface area is 434 Å². The molecule has 0 spiro atoms. The van der Waals surface area contributed by atoms with E-state index in [0.717, 1.165) is 42.5 Å². The third-order valence-electron chi connectivity index (χ3n) is 6.94. The minimum Gasteiger partial charge on any atom is -0.870 e. The number of fused-ring (bicyclic) bond motifs is 2. The zero-order chi connectivity index (χ0) is 38.8. The molecule has 0 fully saturated rings. The van der Waals surface area contributed by atoms with Crippen LogP contribution in [0.3, 0.4) is 0 Å². The van der Waals surface area contributed by atoms with E-state index in [-0.39, 0.29) is 148 Å². The van der Waals surface area contributed by atoms with E-state index in [1.807, 2.05) is 0 Å². The zero-order valence-corrected chi connectivity index (χ0v) is 43.9. The van der Waals surface area contributed by atoms with Crippen LogP contribution in [-0.4, -0.2) is 64.9 Å². The Bertz CT molecular complexity index is 3030. The van der Waals surface area contributed by atoms with Crippen molar-refractivity contribution >= 4 is 101 Å². The molecule has 0 heterocycles. The standard InChI is InChI=1S/C26H19N5O16S5.5Na/c27-23-22-12(8-20(51(42,43)44)24(23)30-29-16-5-1-2-6-18(16)49(36,37)38)9-21(52(45,46)47)25(26(22)32)31-28-13-10-15-14(19(11-13)50(39,40)41)4-3-7-17(15)48(33,34)35;;;;;/h1-11,32H,27H2,(H,33,34,35)(H,36,37,38)(H,39,40,41)(H,42,43,44)(H,45,46,47);;;;;/q;5*+1/p-5. The van der Waals surface area contributed by atoms with Gasteiger partial charge >= 0.3 is 148 Å². The van der Waals surface area contributed by atoms with Crippen LogP contribution < -0.4 is 159 Å². The van der Waals surface area contributed by atoms with Crippen LogP contribution in [0, 0.1) is 0 Å². The Morgan fingerprint density at radius 1 is 0.509 bits per heavy atom. The van der Waals surface area contributed by atoms with Gasteiger partial charge in [-0.15, -0.1) is 15.3 Å². The van der Waals surface area contributed by atoms with Crippen molar-refractivity contribution in [2.45, 2.75) is 24.5 Å². The third-order valence-corrected chi connectivity index (χ3v) is 11.3. The van der Waals surface area contributed by atoms with Crippen molar-refractivity contribution in [3.8, 4) is 5.75 Å². The molecular weight excluding hydrogens is 914 g/mol. The van der Waals surface area contributed by atoms with Crippen molar-refractivity contribution in [2.24, 2.45) is 20.5 Å². The fourth-order valence-electron chi connectivity index (χ4n) is 4.84. The van der Waals surface area contributed by atoms with Gasteiger partial charge in [0.25, 0.3) is 10.1 Å². The van der Waals surface area contributed by atoms with Gasteiger partial charge in [0.05, 0.1) is 36.6 Å². The molecular formula is C26H14N5Na5O16S5. The fourth-order valence-corrected chi connectivity index (χ4v) is 8.15. The van der Waals surface area contributed by atoms with Crippen molar-refractivity contribution < 1.29 is 218 Å². The molecule has 0 unspecified atom stereocenters. The molecule has 5 rings (SSSR count). The van der Waals surface area contributed by atoms with Crippen LogP contribution in [0.25, 0.3) is 21.5 Å². The minimum atomic E-state index is -5.62. The van der Waals surface area contributed by atoms with E-state index < -0.39 is 131 Å². The van der Waals surface area contributed by atoms with Gasteiger partial charge in [-0.3, -0.25) is 4.55 Å². The molecule has 21 nitrogen and oxygen atoms in total. The molecule has 0 aliphatic rings. The monoisotopic (exact) mass is 927 g/mol. The first kappa shape index (κ1) is 57.0. The molecule has 0 aliphatic carbocycles. The number of nitrogens with zero attached hydrogens (tertiary/aromatic N) is 4. The topological polar surface area (TPSA) is 382 Å². The van der Waals surface area contributed by atoms with E-state index in [2.05, 4.69) is 20.5 Å². The second-order valence-electron chi connectivity index (χ2n) is 10.2. The molecule has 5 aromatic carbocycles. The maximum atomic E-state index is 13.7. The van der Waals surface area contributed by atoms with Crippen molar-refractivity contribution in [1.82, 2.24) is 0 Å². The van der Waals surface area contributed by atoms with Crippen LogP contribution in [0.4, 0.5) is 28.4 Å². The Kier molecular flexibility index (Phi) is 20.9. The van der Waals surface area contributed by atoms with Crippen molar-refractivity contribution in [1.29, 1.82) is 0 Å². The van der Waals surface area contributed by atoms with Crippen molar-refractivity contribution in [2.75, 3.05) is 5.73 Å². The summed E-state index contributed by atoms with van der Waals surface area (Å²) in [4.78, 5) is -5.76. The summed E-state index contributed by atoms with van der Waals surface area (Å²) in [5.41, 5.74) is 1.21. The molecule has 3 N–H and O–H groups in total. The van der Waals surface area contributed by atoms with Gasteiger partial charge < -0.3 is 29.1 Å². The van der Waals surface area contributed by atoms with Crippen LogP contribution >= 0.6 is 0 Å².